The highest BCUT2D eigenvalue weighted by Gasteiger charge is 2.09. The van der Waals surface area contributed by atoms with Gasteiger partial charge in [-0.2, -0.15) is 0 Å². The maximum atomic E-state index is 8.93. The van der Waals surface area contributed by atoms with Crippen LogP contribution in [-0.2, 0) is 6.54 Å². The SMILES string of the molecule is CC(C)N(CCO)Cc1cccc(N)n1. The zero-order chi connectivity index (χ0) is 11.3. The van der Waals surface area contributed by atoms with E-state index in [0.29, 0.717) is 18.4 Å². The first-order valence-corrected chi connectivity index (χ1v) is 5.20. The molecule has 1 aromatic rings. The Morgan fingerprint density at radius 2 is 2.20 bits per heavy atom. The standard InChI is InChI=1S/C11H19N3O/c1-9(2)14(6-7-15)8-10-4-3-5-11(12)13-10/h3-5,9,15H,6-8H2,1-2H3,(H2,12,13). The molecule has 0 spiro atoms. The molecule has 0 bridgehead atoms. The van der Waals surface area contributed by atoms with Crippen molar-refractivity contribution in [1.29, 1.82) is 0 Å². The molecule has 0 aliphatic rings. The predicted molar refractivity (Wildman–Crippen MR) is 61.3 cm³/mol. The van der Waals surface area contributed by atoms with Crippen molar-refractivity contribution in [3.8, 4) is 0 Å². The molecule has 1 aromatic heterocycles. The topological polar surface area (TPSA) is 62.4 Å². The van der Waals surface area contributed by atoms with Gasteiger partial charge in [0.1, 0.15) is 5.82 Å². The third kappa shape index (κ3) is 3.85. The molecule has 0 radical (unpaired) electrons. The third-order valence-electron chi connectivity index (χ3n) is 2.31. The van der Waals surface area contributed by atoms with Crippen LogP contribution in [0.1, 0.15) is 19.5 Å². The van der Waals surface area contributed by atoms with Gasteiger partial charge in [-0.15, -0.1) is 0 Å². The number of nitrogens with zero attached hydrogens (tertiary/aromatic N) is 2. The second-order valence-electron chi connectivity index (χ2n) is 3.84. The molecule has 0 aliphatic carbocycles. The summed E-state index contributed by atoms with van der Waals surface area (Å²) in [5.41, 5.74) is 6.55. The van der Waals surface area contributed by atoms with Crippen LogP contribution in [-0.4, -0.2) is 34.2 Å². The third-order valence-corrected chi connectivity index (χ3v) is 2.31. The van der Waals surface area contributed by atoms with E-state index in [4.69, 9.17) is 10.8 Å². The number of anilines is 1. The fourth-order valence-electron chi connectivity index (χ4n) is 1.44. The fourth-order valence-corrected chi connectivity index (χ4v) is 1.44. The van der Waals surface area contributed by atoms with Crippen LogP contribution < -0.4 is 5.73 Å². The Balaban J connectivity index is 2.65. The molecular weight excluding hydrogens is 190 g/mol. The summed E-state index contributed by atoms with van der Waals surface area (Å²) in [6, 6.07) is 6.01. The van der Waals surface area contributed by atoms with Gasteiger partial charge < -0.3 is 10.8 Å². The van der Waals surface area contributed by atoms with Crippen LogP contribution in [0.25, 0.3) is 0 Å². The Morgan fingerprint density at radius 3 is 2.73 bits per heavy atom. The molecule has 0 unspecified atom stereocenters. The minimum atomic E-state index is 0.167. The summed E-state index contributed by atoms with van der Waals surface area (Å²) in [4.78, 5) is 6.39. The first-order valence-electron chi connectivity index (χ1n) is 5.20. The molecule has 0 amide bonds. The summed E-state index contributed by atoms with van der Waals surface area (Å²) in [5, 5.41) is 8.93. The molecule has 1 heterocycles. The van der Waals surface area contributed by atoms with Gasteiger partial charge in [0.2, 0.25) is 0 Å². The van der Waals surface area contributed by atoms with Crippen LogP contribution in [0, 0.1) is 0 Å². The van der Waals surface area contributed by atoms with Crippen molar-refractivity contribution in [1.82, 2.24) is 9.88 Å². The second kappa shape index (κ2) is 5.68. The van der Waals surface area contributed by atoms with Gasteiger partial charge in [0.25, 0.3) is 0 Å². The number of rotatable bonds is 5. The van der Waals surface area contributed by atoms with Gasteiger partial charge in [0.15, 0.2) is 0 Å². The van der Waals surface area contributed by atoms with Crippen molar-refractivity contribution >= 4 is 5.82 Å². The number of pyridine rings is 1. The summed E-state index contributed by atoms with van der Waals surface area (Å²) in [6.45, 7) is 5.75. The van der Waals surface area contributed by atoms with E-state index in [1.807, 2.05) is 12.1 Å². The molecule has 0 atom stereocenters. The number of nitrogen functional groups attached to an aromatic ring is 1. The fraction of sp³-hybridized carbons (Fsp3) is 0.545. The second-order valence-corrected chi connectivity index (χ2v) is 3.84. The van der Waals surface area contributed by atoms with Crippen LogP contribution in [0.15, 0.2) is 18.2 Å². The normalized spacial score (nSPS) is 11.3. The van der Waals surface area contributed by atoms with Crippen LogP contribution >= 0.6 is 0 Å². The Bertz CT molecular complexity index is 302. The number of hydrogen-bond donors (Lipinski definition) is 2. The zero-order valence-electron chi connectivity index (χ0n) is 9.35. The van der Waals surface area contributed by atoms with Crippen molar-refractivity contribution < 1.29 is 5.11 Å². The Labute approximate surface area is 90.7 Å². The summed E-state index contributed by atoms with van der Waals surface area (Å²) >= 11 is 0. The van der Waals surface area contributed by atoms with Gasteiger partial charge in [0, 0.05) is 19.1 Å². The van der Waals surface area contributed by atoms with E-state index in [1.54, 1.807) is 6.07 Å². The van der Waals surface area contributed by atoms with Crippen LogP contribution in [0.2, 0.25) is 0 Å². The quantitative estimate of drug-likeness (QED) is 0.755. The molecule has 4 nitrogen and oxygen atoms in total. The number of hydrogen-bond acceptors (Lipinski definition) is 4. The lowest BCUT2D eigenvalue weighted by molar-refractivity contribution is 0.158. The van der Waals surface area contributed by atoms with Gasteiger partial charge in [-0.05, 0) is 26.0 Å². The molecule has 84 valence electrons. The van der Waals surface area contributed by atoms with Crippen molar-refractivity contribution in [2.24, 2.45) is 0 Å². The lowest BCUT2D eigenvalue weighted by Gasteiger charge is -2.25. The van der Waals surface area contributed by atoms with Gasteiger partial charge >= 0.3 is 0 Å². The average molecular weight is 209 g/mol. The Hall–Kier alpha value is -1.13. The van der Waals surface area contributed by atoms with Gasteiger partial charge in [-0.3, -0.25) is 4.90 Å². The first kappa shape index (κ1) is 11.9. The van der Waals surface area contributed by atoms with E-state index >= 15 is 0 Å². The van der Waals surface area contributed by atoms with Gasteiger partial charge in [0.05, 0.1) is 12.3 Å². The Morgan fingerprint density at radius 1 is 1.47 bits per heavy atom. The van der Waals surface area contributed by atoms with E-state index in [0.717, 1.165) is 12.2 Å². The van der Waals surface area contributed by atoms with Crippen molar-refractivity contribution in [3.05, 3.63) is 23.9 Å². The smallest absolute Gasteiger partial charge is 0.123 e. The van der Waals surface area contributed by atoms with Crippen molar-refractivity contribution in [2.75, 3.05) is 18.9 Å². The molecule has 0 aromatic carbocycles. The molecule has 0 fully saturated rings. The number of nitrogens with two attached hydrogens (primary N) is 1. The molecule has 4 heteroatoms. The molecule has 1 rings (SSSR count). The average Bonchev–Trinajstić information content (AvgIpc) is 2.17. The maximum absolute atomic E-state index is 8.93. The monoisotopic (exact) mass is 209 g/mol. The van der Waals surface area contributed by atoms with E-state index < -0.39 is 0 Å². The van der Waals surface area contributed by atoms with E-state index in [9.17, 15) is 0 Å². The lowest BCUT2D eigenvalue weighted by atomic mass is 10.2. The van der Waals surface area contributed by atoms with Gasteiger partial charge in [-0.1, -0.05) is 6.07 Å². The van der Waals surface area contributed by atoms with Crippen LogP contribution in [0.5, 0.6) is 0 Å². The summed E-state index contributed by atoms with van der Waals surface area (Å²) in [7, 11) is 0. The highest BCUT2D eigenvalue weighted by molar-refractivity contribution is 5.28. The number of aromatic nitrogens is 1. The van der Waals surface area contributed by atoms with Crippen LogP contribution in [0.3, 0.4) is 0 Å². The van der Waals surface area contributed by atoms with E-state index in [-0.39, 0.29) is 6.61 Å². The van der Waals surface area contributed by atoms with Crippen LogP contribution in [0.4, 0.5) is 5.82 Å². The van der Waals surface area contributed by atoms with Crippen molar-refractivity contribution in [2.45, 2.75) is 26.4 Å². The highest BCUT2D eigenvalue weighted by atomic mass is 16.3. The number of aliphatic hydroxyl groups is 1. The lowest BCUT2D eigenvalue weighted by Crippen LogP contribution is -2.33. The molecule has 3 N–H and O–H groups in total. The highest BCUT2D eigenvalue weighted by Crippen LogP contribution is 2.07. The Kier molecular flexibility index (Phi) is 4.52. The van der Waals surface area contributed by atoms with E-state index in [2.05, 4.69) is 23.7 Å². The zero-order valence-corrected chi connectivity index (χ0v) is 9.35. The van der Waals surface area contributed by atoms with E-state index in [1.165, 1.54) is 0 Å². The summed E-state index contributed by atoms with van der Waals surface area (Å²) < 4.78 is 0. The number of aliphatic hydroxyl groups excluding tert-OH is 1. The minimum Gasteiger partial charge on any atom is -0.395 e. The first-order chi connectivity index (χ1) is 7.13. The largest absolute Gasteiger partial charge is 0.395 e. The predicted octanol–water partition coefficient (Wildman–Crippen LogP) is 0.867. The molecule has 0 saturated heterocycles. The summed E-state index contributed by atoms with van der Waals surface area (Å²) in [6.07, 6.45) is 0. The minimum absolute atomic E-state index is 0.167. The molecule has 0 saturated carbocycles. The molecule has 15 heavy (non-hydrogen) atoms. The molecule has 0 aliphatic heterocycles. The van der Waals surface area contributed by atoms with Crippen molar-refractivity contribution in [3.63, 3.8) is 0 Å². The summed E-state index contributed by atoms with van der Waals surface area (Å²) in [5.74, 6) is 0.542. The maximum Gasteiger partial charge on any atom is 0.123 e. The molecular formula is C11H19N3O. The van der Waals surface area contributed by atoms with Gasteiger partial charge in [-0.25, -0.2) is 4.98 Å².